The van der Waals surface area contributed by atoms with Crippen LogP contribution in [-0.2, 0) is 4.79 Å². The lowest BCUT2D eigenvalue weighted by Gasteiger charge is -2.38. The molecule has 3 aromatic carbocycles. The molecule has 10 nitrogen and oxygen atoms in total. The fourth-order valence-electron chi connectivity index (χ4n) is 4.42. The van der Waals surface area contributed by atoms with Crippen LogP contribution in [0.5, 0.6) is 0 Å². The van der Waals surface area contributed by atoms with Crippen molar-refractivity contribution in [3.63, 3.8) is 0 Å². The van der Waals surface area contributed by atoms with Crippen LogP contribution in [0.15, 0.2) is 84.0 Å². The molecular weight excluding hydrogens is 555 g/mol. The van der Waals surface area contributed by atoms with Gasteiger partial charge in [-0.15, -0.1) is 0 Å². The molecule has 0 bridgehead atoms. The summed E-state index contributed by atoms with van der Waals surface area (Å²) in [6, 6.07) is 20.6. The van der Waals surface area contributed by atoms with E-state index in [2.05, 4.69) is 15.8 Å². The molecule has 0 saturated carbocycles. The number of nitrogens with one attached hydrogen (secondary N) is 2. The van der Waals surface area contributed by atoms with Crippen molar-refractivity contribution >= 4 is 58.3 Å². The number of anilines is 2. The molecule has 1 aliphatic heterocycles. The fraction of sp³-hybridized carbons (Fsp3) is 0.214. The first kappa shape index (κ1) is 28.9. The number of hydrogen-bond acceptors (Lipinski definition) is 5. The lowest BCUT2D eigenvalue weighted by Crippen LogP contribution is -2.58. The number of halogens is 2. The quantitative estimate of drug-likeness (QED) is 0.185. The van der Waals surface area contributed by atoms with Crippen molar-refractivity contribution in [3.05, 3.63) is 94.5 Å². The van der Waals surface area contributed by atoms with Crippen molar-refractivity contribution < 1.29 is 19.6 Å². The topological polar surface area (TPSA) is 118 Å². The normalized spacial score (nSPS) is 16.6. The van der Waals surface area contributed by atoms with Crippen LogP contribution in [0.2, 0.25) is 10.0 Å². The molecule has 0 aliphatic carbocycles. The third kappa shape index (κ3) is 6.20. The van der Waals surface area contributed by atoms with Gasteiger partial charge < -0.3 is 10.2 Å². The Bertz CT molecular complexity index is 1450. The summed E-state index contributed by atoms with van der Waals surface area (Å²) in [5, 5.41) is 19.0. The number of hydroxylamine groups is 2. The minimum absolute atomic E-state index is 0.325. The van der Waals surface area contributed by atoms with Crippen molar-refractivity contribution in [2.24, 2.45) is 5.10 Å². The molecule has 1 atom stereocenters. The Kier molecular flexibility index (Phi) is 8.63. The van der Waals surface area contributed by atoms with Crippen molar-refractivity contribution in [1.29, 1.82) is 0 Å². The average molecular weight is 583 g/mol. The summed E-state index contributed by atoms with van der Waals surface area (Å²) in [5.41, 5.74) is 3.31. The van der Waals surface area contributed by atoms with E-state index in [-0.39, 0.29) is 0 Å². The average Bonchev–Trinajstić information content (AvgIpc) is 3.12. The Balaban J connectivity index is 1.61. The second kappa shape index (κ2) is 12.0. The van der Waals surface area contributed by atoms with Crippen molar-refractivity contribution in [2.75, 3.05) is 16.8 Å². The number of carbonyl (C=O) groups is 3. The minimum atomic E-state index is -1.25. The largest absolute Gasteiger partial charge is 0.347 e. The molecule has 0 spiro atoms. The Morgan fingerprint density at radius 3 is 2.30 bits per heavy atom. The second-order valence-corrected chi connectivity index (χ2v) is 10.5. The third-order valence-electron chi connectivity index (χ3n) is 6.45. The Morgan fingerprint density at radius 1 is 1.00 bits per heavy atom. The van der Waals surface area contributed by atoms with Crippen LogP contribution in [0, 0.1) is 0 Å². The molecule has 3 N–H and O–H groups in total. The van der Waals surface area contributed by atoms with Crippen LogP contribution in [-0.4, -0.2) is 57.1 Å². The van der Waals surface area contributed by atoms with Gasteiger partial charge in [-0.25, -0.2) is 15.0 Å². The standard InChI is InChI=1S/C28H28Cl2N6O4/c1-18(19-9-5-4-6-10-19)32-33-24(37)17-34-27(39)35(23-14-8-12-21(30)16-23)25(28(34,2)3)36(40)26(38)31-22-13-7-11-20(29)15-22/h4-16,25,40H,17H2,1-3H3,(H,31,38)(H,33,37)/b32-18-. The number of carbonyl (C=O) groups excluding carboxylic acids is 3. The summed E-state index contributed by atoms with van der Waals surface area (Å²) in [6.07, 6.45) is -1.25. The smallest absolute Gasteiger partial charge is 0.306 e. The molecule has 1 saturated heterocycles. The van der Waals surface area contributed by atoms with Crippen LogP contribution >= 0.6 is 23.2 Å². The van der Waals surface area contributed by atoms with Crippen LogP contribution in [0.3, 0.4) is 0 Å². The van der Waals surface area contributed by atoms with Crippen molar-refractivity contribution in [2.45, 2.75) is 32.5 Å². The second-order valence-electron chi connectivity index (χ2n) is 9.63. The van der Waals surface area contributed by atoms with Gasteiger partial charge in [0.05, 0.1) is 11.3 Å². The summed E-state index contributed by atoms with van der Waals surface area (Å²) in [6.45, 7) is 4.64. The highest BCUT2D eigenvalue weighted by atomic mass is 35.5. The van der Waals surface area contributed by atoms with E-state index < -0.39 is 36.2 Å². The Labute approximate surface area is 241 Å². The van der Waals surface area contributed by atoms with Crippen molar-refractivity contribution in [1.82, 2.24) is 15.4 Å². The number of hydrogen-bond donors (Lipinski definition) is 3. The number of rotatable bonds is 7. The van der Waals surface area contributed by atoms with Gasteiger partial charge in [0, 0.05) is 21.4 Å². The van der Waals surface area contributed by atoms with Gasteiger partial charge in [-0.2, -0.15) is 10.2 Å². The zero-order valence-corrected chi connectivity index (χ0v) is 23.5. The molecule has 5 amide bonds. The van der Waals surface area contributed by atoms with Gasteiger partial charge in [0.1, 0.15) is 6.54 Å². The van der Waals surface area contributed by atoms with Gasteiger partial charge in [-0.05, 0) is 62.7 Å². The Hall–Kier alpha value is -4.12. The number of benzene rings is 3. The summed E-state index contributed by atoms with van der Waals surface area (Å²) < 4.78 is 0. The SMILES string of the molecule is C/C(=N/NC(=O)CN1C(=O)N(c2cccc(Cl)c2)C(N(O)C(=O)Nc2cccc(Cl)c2)C1(C)C)c1ccccc1. The predicted molar refractivity (Wildman–Crippen MR) is 155 cm³/mol. The third-order valence-corrected chi connectivity index (χ3v) is 6.92. The van der Waals surface area contributed by atoms with E-state index in [4.69, 9.17) is 23.2 Å². The van der Waals surface area contributed by atoms with Gasteiger partial charge in [0.15, 0.2) is 6.17 Å². The first-order valence-corrected chi connectivity index (χ1v) is 13.0. The Morgan fingerprint density at radius 2 is 1.65 bits per heavy atom. The van der Waals surface area contributed by atoms with E-state index >= 15 is 0 Å². The molecule has 0 aromatic heterocycles. The van der Waals surface area contributed by atoms with Gasteiger partial charge in [0.2, 0.25) is 0 Å². The zero-order chi connectivity index (χ0) is 29.0. The molecule has 3 aromatic rings. The highest BCUT2D eigenvalue weighted by Crippen LogP contribution is 2.38. The lowest BCUT2D eigenvalue weighted by atomic mass is 9.99. The lowest BCUT2D eigenvalue weighted by molar-refractivity contribution is -0.124. The first-order valence-electron chi connectivity index (χ1n) is 12.3. The summed E-state index contributed by atoms with van der Waals surface area (Å²) in [7, 11) is 0. The zero-order valence-electron chi connectivity index (χ0n) is 22.0. The number of hydrazone groups is 1. The summed E-state index contributed by atoms with van der Waals surface area (Å²) >= 11 is 12.2. The van der Waals surface area contributed by atoms with Gasteiger partial charge in [-0.1, -0.05) is 65.7 Å². The first-order chi connectivity index (χ1) is 19.0. The van der Waals surface area contributed by atoms with E-state index in [1.54, 1.807) is 57.2 Å². The maximum absolute atomic E-state index is 13.8. The highest BCUT2D eigenvalue weighted by molar-refractivity contribution is 6.31. The van der Waals surface area contributed by atoms with E-state index in [0.29, 0.717) is 32.2 Å². The predicted octanol–water partition coefficient (Wildman–Crippen LogP) is 5.80. The molecule has 12 heteroatoms. The molecular formula is C28H28Cl2N6O4. The van der Waals surface area contributed by atoms with E-state index in [0.717, 1.165) is 5.56 Å². The maximum atomic E-state index is 13.8. The van der Waals surface area contributed by atoms with Crippen LogP contribution < -0.4 is 15.6 Å². The molecule has 4 rings (SSSR count). The molecule has 208 valence electrons. The van der Waals surface area contributed by atoms with E-state index in [9.17, 15) is 19.6 Å². The monoisotopic (exact) mass is 582 g/mol. The van der Waals surface area contributed by atoms with Gasteiger partial charge >= 0.3 is 12.1 Å². The molecule has 1 unspecified atom stereocenters. The summed E-state index contributed by atoms with van der Waals surface area (Å²) in [5.74, 6) is -0.559. The number of urea groups is 2. The molecule has 1 fully saturated rings. The molecule has 0 radical (unpaired) electrons. The van der Waals surface area contributed by atoms with Crippen molar-refractivity contribution in [3.8, 4) is 0 Å². The highest BCUT2D eigenvalue weighted by Gasteiger charge is 2.56. The van der Waals surface area contributed by atoms with Crippen LogP contribution in [0.25, 0.3) is 0 Å². The van der Waals surface area contributed by atoms with Crippen LogP contribution in [0.4, 0.5) is 21.0 Å². The number of nitrogens with zero attached hydrogens (tertiary/aromatic N) is 4. The van der Waals surface area contributed by atoms with Crippen LogP contribution in [0.1, 0.15) is 26.3 Å². The number of amides is 5. The van der Waals surface area contributed by atoms with Gasteiger partial charge in [-0.3, -0.25) is 14.9 Å². The molecule has 40 heavy (non-hydrogen) atoms. The molecule has 1 aliphatic rings. The fourth-order valence-corrected chi connectivity index (χ4v) is 4.80. The van der Waals surface area contributed by atoms with E-state index in [1.165, 1.54) is 21.9 Å². The summed E-state index contributed by atoms with van der Waals surface area (Å²) in [4.78, 5) is 42.3. The van der Waals surface area contributed by atoms with E-state index in [1.807, 2.05) is 30.3 Å². The maximum Gasteiger partial charge on any atom is 0.347 e. The minimum Gasteiger partial charge on any atom is -0.306 e. The molecule has 1 heterocycles. The van der Waals surface area contributed by atoms with Gasteiger partial charge in [0.25, 0.3) is 5.91 Å².